The molecule has 0 saturated carbocycles. The van der Waals surface area contributed by atoms with Crippen LogP contribution in [0.3, 0.4) is 0 Å². The van der Waals surface area contributed by atoms with Crippen molar-refractivity contribution in [2.75, 3.05) is 12.4 Å². The molecule has 2 aromatic rings. The average molecular weight is 319 g/mol. The second kappa shape index (κ2) is 5.33. The summed E-state index contributed by atoms with van der Waals surface area (Å²) >= 11 is 0. The van der Waals surface area contributed by atoms with Gasteiger partial charge in [0.1, 0.15) is 12.1 Å². The van der Waals surface area contributed by atoms with Crippen molar-refractivity contribution in [3.63, 3.8) is 0 Å². The van der Waals surface area contributed by atoms with Crippen molar-refractivity contribution in [3.8, 4) is 0 Å². The van der Waals surface area contributed by atoms with E-state index >= 15 is 0 Å². The van der Waals surface area contributed by atoms with Crippen molar-refractivity contribution in [1.29, 1.82) is 0 Å². The molecule has 126 valence electrons. The Bertz CT molecular complexity index is 792. The van der Waals surface area contributed by atoms with Crippen LogP contribution in [0, 0.1) is 18.3 Å². The largest absolute Gasteiger partial charge is 0.359 e. The van der Waals surface area contributed by atoms with Crippen LogP contribution in [0.5, 0.6) is 0 Å². The van der Waals surface area contributed by atoms with E-state index in [0.29, 0.717) is 23.0 Å². The molecule has 7 nitrogen and oxygen atoms in total. The lowest BCUT2D eigenvalue weighted by atomic mass is 9.77. The quantitative estimate of drug-likeness (QED) is 0.907. The molecular weight excluding hydrogens is 294 g/mol. The zero-order valence-electron chi connectivity index (χ0n) is 14.6. The van der Waals surface area contributed by atoms with Crippen LogP contribution in [0.1, 0.15) is 46.2 Å². The predicted molar refractivity (Wildman–Crippen MR) is 89.6 cm³/mol. The molecular formula is C16H25N5O2. The van der Waals surface area contributed by atoms with Gasteiger partial charge in [-0.1, -0.05) is 27.7 Å². The van der Waals surface area contributed by atoms with Crippen LogP contribution < -0.4 is 10.9 Å². The maximum atomic E-state index is 12.2. The van der Waals surface area contributed by atoms with E-state index in [4.69, 9.17) is 4.74 Å². The maximum Gasteiger partial charge on any atom is 0.280 e. The summed E-state index contributed by atoms with van der Waals surface area (Å²) < 4.78 is 8.30. The molecule has 0 spiro atoms. The highest BCUT2D eigenvalue weighted by Crippen LogP contribution is 2.50. The highest BCUT2D eigenvalue weighted by atomic mass is 16.5. The van der Waals surface area contributed by atoms with Gasteiger partial charge in [-0.25, -0.2) is 4.98 Å². The van der Waals surface area contributed by atoms with Crippen molar-refractivity contribution in [3.05, 3.63) is 16.2 Å². The molecule has 1 aliphatic rings. The average Bonchev–Trinajstić information content (AvgIpc) is 2.94. The molecule has 3 rings (SSSR count). The number of nitrogens with zero attached hydrogens (tertiary/aromatic N) is 3. The highest BCUT2D eigenvalue weighted by Gasteiger charge is 2.49. The van der Waals surface area contributed by atoms with Gasteiger partial charge in [-0.3, -0.25) is 14.3 Å². The van der Waals surface area contributed by atoms with Crippen molar-refractivity contribution in [2.24, 2.45) is 11.3 Å². The number of fused-ring (bicyclic) bond motifs is 1. The van der Waals surface area contributed by atoms with Crippen LogP contribution in [0.15, 0.2) is 4.79 Å². The number of nitrogens with one attached hydrogen (secondary N) is 2. The Morgan fingerprint density at radius 1 is 1.39 bits per heavy atom. The minimum Gasteiger partial charge on any atom is -0.359 e. The topological polar surface area (TPSA) is 84.8 Å². The van der Waals surface area contributed by atoms with E-state index < -0.39 is 0 Å². The van der Waals surface area contributed by atoms with E-state index in [1.807, 2.05) is 11.5 Å². The normalized spacial score (nSPS) is 26.8. The fourth-order valence-corrected chi connectivity index (χ4v) is 3.50. The summed E-state index contributed by atoms with van der Waals surface area (Å²) in [6.45, 7) is 10.7. The molecule has 0 aliphatic carbocycles. The summed E-state index contributed by atoms with van der Waals surface area (Å²) in [6.07, 6.45) is 0.965. The van der Waals surface area contributed by atoms with Crippen molar-refractivity contribution in [2.45, 2.75) is 53.4 Å². The number of ether oxygens (including phenoxy) is 1. The van der Waals surface area contributed by atoms with Crippen LogP contribution in [0.2, 0.25) is 0 Å². The van der Waals surface area contributed by atoms with Gasteiger partial charge in [0.15, 0.2) is 11.2 Å². The molecule has 3 atom stereocenters. The van der Waals surface area contributed by atoms with Gasteiger partial charge in [-0.15, -0.1) is 0 Å². The molecule has 0 radical (unpaired) electrons. The number of rotatable bonds is 3. The molecule has 1 unspecified atom stereocenters. The number of aromatic amines is 1. The second-order valence-electron chi connectivity index (χ2n) is 6.91. The number of aromatic nitrogens is 4. The maximum absolute atomic E-state index is 12.2. The van der Waals surface area contributed by atoms with Crippen LogP contribution in [-0.4, -0.2) is 32.7 Å². The third-order valence-corrected chi connectivity index (χ3v) is 5.27. The SMILES string of the molecule is CC[C@H]1O[C@@H](n2c(C)nc3c(=O)[nH]c(NC)nc32)C(C)(C)C1C. The molecule has 0 amide bonds. The van der Waals surface area contributed by atoms with E-state index in [0.717, 1.165) is 12.2 Å². The first-order valence-corrected chi connectivity index (χ1v) is 8.13. The van der Waals surface area contributed by atoms with Crippen LogP contribution in [-0.2, 0) is 4.74 Å². The Balaban J connectivity index is 2.22. The van der Waals surface area contributed by atoms with Gasteiger partial charge >= 0.3 is 0 Å². The predicted octanol–water partition coefficient (Wildman–Crippen LogP) is 2.44. The third kappa shape index (κ3) is 2.25. The Hall–Kier alpha value is -1.89. The zero-order valence-corrected chi connectivity index (χ0v) is 14.6. The molecule has 23 heavy (non-hydrogen) atoms. The fraction of sp³-hybridized carbons (Fsp3) is 0.688. The first-order valence-electron chi connectivity index (χ1n) is 8.13. The molecule has 0 aromatic carbocycles. The van der Waals surface area contributed by atoms with E-state index in [1.165, 1.54) is 0 Å². The number of hydrogen-bond acceptors (Lipinski definition) is 5. The van der Waals surface area contributed by atoms with E-state index in [9.17, 15) is 4.79 Å². The standard InChI is InChI=1S/C16H25N5O2/c1-7-10-8(2)16(4,5)14(23-10)21-9(3)18-11-12(21)19-15(17-6)20-13(11)22/h8,10,14H,7H2,1-6H3,(H2,17,19,20,22)/t8?,10-,14-/m1/s1. The molecule has 7 heteroatoms. The van der Waals surface area contributed by atoms with Gasteiger partial charge in [0, 0.05) is 12.5 Å². The van der Waals surface area contributed by atoms with E-state index in [1.54, 1.807) is 7.05 Å². The lowest BCUT2D eigenvalue weighted by molar-refractivity contribution is -0.0306. The Morgan fingerprint density at radius 2 is 2.09 bits per heavy atom. The first kappa shape index (κ1) is 16.0. The number of H-pyrrole nitrogens is 1. The number of hydrogen-bond donors (Lipinski definition) is 2. The fourth-order valence-electron chi connectivity index (χ4n) is 3.50. The first-order chi connectivity index (χ1) is 10.8. The minimum absolute atomic E-state index is 0.0802. The van der Waals surface area contributed by atoms with E-state index in [2.05, 4.69) is 48.0 Å². The molecule has 1 fully saturated rings. The van der Waals surface area contributed by atoms with Crippen LogP contribution in [0.25, 0.3) is 11.2 Å². The third-order valence-electron chi connectivity index (χ3n) is 5.27. The van der Waals surface area contributed by atoms with Crippen molar-refractivity contribution >= 4 is 17.1 Å². The summed E-state index contributed by atoms with van der Waals surface area (Å²) in [5.41, 5.74) is 0.603. The van der Waals surface area contributed by atoms with Crippen LogP contribution in [0.4, 0.5) is 5.95 Å². The Kier molecular flexibility index (Phi) is 3.71. The second-order valence-corrected chi connectivity index (χ2v) is 6.91. The lowest BCUT2D eigenvalue weighted by Crippen LogP contribution is -2.28. The summed E-state index contributed by atoms with van der Waals surface area (Å²) in [5.74, 6) is 1.58. The van der Waals surface area contributed by atoms with Gasteiger partial charge in [0.05, 0.1) is 6.10 Å². The molecule has 3 heterocycles. The lowest BCUT2D eigenvalue weighted by Gasteiger charge is -2.30. The molecule has 2 N–H and O–H groups in total. The number of aryl methyl sites for hydroxylation is 1. The Labute approximate surface area is 135 Å². The smallest absolute Gasteiger partial charge is 0.280 e. The van der Waals surface area contributed by atoms with Gasteiger partial charge < -0.3 is 10.1 Å². The molecule has 1 aliphatic heterocycles. The van der Waals surface area contributed by atoms with E-state index in [-0.39, 0.29) is 23.3 Å². The van der Waals surface area contributed by atoms with Gasteiger partial charge in [-0.05, 0) is 19.3 Å². The summed E-state index contributed by atoms with van der Waals surface area (Å²) in [6, 6.07) is 0. The zero-order chi connectivity index (χ0) is 16.9. The summed E-state index contributed by atoms with van der Waals surface area (Å²) in [5, 5.41) is 2.89. The monoisotopic (exact) mass is 319 g/mol. The van der Waals surface area contributed by atoms with Gasteiger partial charge in [-0.2, -0.15) is 4.98 Å². The van der Waals surface area contributed by atoms with Gasteiger partial charge in [0.25, 0.3) is 5.56 Å². The highest BCUT2D eigenvalue weighted by molar-refractivity contribution is 5.71. The summed E-state index contributed by atoms with van der Waals surface area (Å²) in [4.78, 5) is 23.9. The molecule has 1 saturated heterocycles. The van der Waals surface area contributed by atoms with Crippen molar-refractivity contribution in [1.82, 2.24) is 19.5 Å². The van der Waals surface area contributed by atoms with Gasteiger partial charge in [0.2, 0.25) is 5.95 Å². The Morgan fingerprint density at radius 3 is 2.65 bits per heavy atom. The number of imidazole rings is 1. The summed E-state index contributed by atoms with van der Waals surface area (Å²) in [7, 11) is 1.73. The molecule has 2 aromatic heterocycles. The minimum atomic E-state index is -0.239. The number of anilines is 1. The van der Waals surface area contributed by atoms with Crippen molar-refractivity contribution < 1.29 is 4.74 Å². The molecule has 0 bridgehead atoms. The van der Waals surface area contributed by atoms with Crippen LogP contribution >= 0.6 is 0 Å².